The van der Waals surface area contributed by atoms with E-state index < -0.39 is 0 Å². The van der Waals surface area contributed by atoms with Gasteiger partial charge in [0.15, 0.2) is 0 Å². The van der Waals surface area contributed by atoms with E-state index in [4.69, 9.17) is 0 Å². The molecule has 0 bridgehead atoms. The molecule has 0 aliphatic carbocycles. The van der Waals surface area contributed by atoms with Gasteiger partial charge in [-0.1, -0.05) is 45.0 Å². The molecular weight excluding hydrogens is 288 g/mol. The van der Waals surface area contributed by atoms with Gasteiger partial charge in [-0.2, -0.15) is 0 Å². The summed E-state index contributed by atoms with van der Waals surface area (Å²) in [7, 11) is 0. The van der Waals surface area contributed by atoms with E-state index in [1.807, 2.05) is 13.0 Å². The van der Waals surface area contributed by atoms with Crippen molar-refractivity contribution in [3.63, 3.8) is 0 Å². The summed E-state index contributed by atoms with van der Waals surface area (Å²) < 4.78 is 0.824. The van der Waals surface area contributed by atoms with Crippen LogP contribution in [0.2, 0.25) is 0 Å². The van der Waals surface area contributed by atoms with Crippen molar-refractivity contribution in [2.75, 3.05) is 0 Å². The number of nitrogens with zero attached hydrogens (tertiary/aromatic N) is 2. The van der Waals surface area contributed by atoms with Crippen molar-refractivity contribution in [2.24, 2.45) is 0 Å². The van der Waals surface area contributed by atoms with E-state index in [1.165, 1.54) is 5.56 Å². The zero-order valence-corrected chi connectivity index (χ0v) is 12.7. The van der Waals surface area contributed by atoms with Gasteiger partial charge in [0, 0.05) is 5.56 Å². The van der Waals surface area contributed by atoms with Crippen molar-refractivity contribution in [3.8, 4) is 11.3 Å². The molecule has 0 aliphatic heterocycles. The Balaban J connectivity index is 2.40. The summed E-state index contributed by atoms with van der Waals surface area (Å²) in [6, 6.07) is 10.5. The summed E-state index contributed by atoms with van der Waals surface area (Å²) in [5, 5.41) is 0. The summed E-state index contributed by atoms with van der Waals surface area (Å²) in [6.07, 6.45) is 0. The van der Waals surface area contributed by atoms with Gasteiger partial charge in [0.2, 0.25) is 0 Å². The summed E-state index contributed by atoms with van der Waals surface area (Å²) in [5.41, 5.74) is 3.58. The predicted octanol–water partition coefficient (Wildman–Crippen LogP) is 4.51. The summed E-state index contributed by atoms with van der Waals surface area (Å²) in [5.74, 6) is 0.777. The van der Waals surface area contributed by atoms with E-state index in [1.54, 1.807) is 0 Å². The fourth-order valence-electron chi connectivity index (χ4n) is 1.82. The molecule has 0 fully saturated rings. The van der Waals surface area contributed by atoms with Crippen LogP contribution in [0.1, 0.15) is 32.2 Å². The van der Waals surface area contributed by atoms with Gasteiger partial charge in [0.25, 0.3) is 0 Å². The third-order valence-corrected chi connectivity index (χ3v) is 3.26. The van der Waals surface area contributed by atoms with Gasteiger partial charge in [-0.05, 0) is 39.9 Å². The van der Waals surface area contributed by atoms with Gasteiger partial charge in [0.1, 0.15) is 10.4 Å². The van der Waals surface area contributed by atoms with E-state index in [0.29, 0.717) is 0 Å². The Kier molecular flexibility index (Phi) is 3.53. The Morgan fingerprint density at radius 2 is 1.61 bits per heavy atom. The van der Waals surface area contributed by atoms with Gasteiger partial charge < -0.3 is 0 Å². The lowest BCUT2D eigenvalue weighted by Gasteiger charge is -2.19. The number of aromatic nitrogens is 2. The van der Waals surface area contributed by atoms with Crippen molar-refractivity contribution < 1.29 is 0 Å². The lowest BCUT2D eigenvalue weighted by atomic mass is 9.86. The van der Waals surface area contributed by atoms with Crippen molar-refractivity contribution in [2.45, 2.75) is 33.1 Å². The largest absolute Gasteiger partial charge is 0.233 e. The molecule has 0 radical (unpaired) electrons. The zero-order chi connectivity index (χ0) is 13.3. The topological polar surface area (TPSA) is 25.8 Å². The molecule has 2 rings (SSSR count). The Hall–Kier alpha value is -1.22. The molecule has 1 heterocycles. The van der Waals surface area contributed by atoms with Crippen LogP contribution >= 0.6 is 15.9 Å². The fraction of sp³-hybridized carbons (Fsp3) is 0.333. The molecule has 2 nitrogen and oxygen atoms in total. The van der Waals surface area contributed by atoms with Gasteiger partial charge in [0.05, 0.1) is 5.69 Å². The Morgan fingerprint density at radius 3 is 2.11 bits per heavy atom. The average Bonchev–Trinajstić information content (AvgIpc) is 2.27. The number of benzene rings is 1. The van der Waals surface area contributed by atoms with Gasteiger partial charge >= 0.3 is 0 Å². The van der Waals surface area contributed by atoms with E-state index >= 15 is 0 Å². The van der Waals surface area contributed by atoms with Crippen LogP contribution in [0.4, 0.5) is 0 Å². The van der Waals surface area contributed by atoms with Crippen molar-refractivity contribution >= 4 is 15.9 Å². The first-order valence-electron chi connectivity index (χ1n) is 5.98. The molecule has 0 aliphatic rings. The molecule has 1 aromatic carbocycles. The van der Waals surface area contributed by atoms with Crippen molar-refractivity contribution in [1.82, 2.24) is 9.97 Å². The van der Waals surface area contributed by atoms with Gasteiger partial charge in [-0.15, -0.1) is 0 Å². The van der Waals surface area contributed by atoms with Crippen LogP contribution in [0, 0.1) is 6.92 Å². The standard InChI is InChI=1S/C15H17BrN2/c1-10-17-13(9-14(16)18-10)11-5-7-12(8-6-11)15(2,3)4/h5-9H,1-4H3. The number of hydrogen-bond donors (Lipinski definition) is 0. The summed E-state index contributed by atoms with van der Waals surface area (Å²) in [4.78, 5) is 8.68. The number of hydrogen-bond acceptors (Lipinski definition) is 2. The summed E-state index contributed by atoms with van der Waals surface area (Å²) in [6.45, 7) is 8.55. The Bertz CT molecular complexity index is 533. The highest BCUT2D eigenvalue weighted by atomic mass is 79.9. The van der Waals surface area contributed by atoms with Gasteiger partial charge in [-0.3, -0.25) is 0 Å². The normalized spacial score (nSPS) is 11.6. The zero-order valence-electron chi connectivity index (χ0n) is 11.2. The first-order valence-corrected chi connectivity index (χ1v) is 6.78. The van der Waals surface area contributed by atoms with Crippen LogP contribution < -0.4 is 0 Å². The first-order chi connectivity index (χ1) is 8.36. The maximum Gasteiger partial charge on any atom is 0.127 e. The molecule has 1 aromatic heterocycles. The molecule has 3 heteroatoms. The van der Waals surface area contributed by atoms with Crippen LogP contribution in [-0.4, -0.2) is 9.97 Å². The second-order valence-corrected chi connectivity index (χ2v) is 6.26. The molecule has 0 atom stereocenters. The molecule has 0 N–H and O–H groups in total. The Morgan fingerprint density at radius 1 is 1.00 bits per heavy atom. The number of rotatable bonds is 1. The van der Waals surface area contributed by atoms with Gasteiger partial charge in [-0.25, -0.2) is 9.97 Å². The smallest absolute Gasteiger partial charge is 0.127 e. The molecule has 94 valence electrons. The highest BCUT2D eigenvalue weighted by molar-refractivity contribution is 9.10. The molecule has 0 unspecified atom stereocenters. The minimum absolute atomic E-state index is 0.181. The van der Waals surface area contributed by atoms with Crippen LogP contribution in [-0.2, 0) is 5.41 Å². The second kappa shape index (κ2) is 4.81. The quantitative estimate of drug-likeness (QED) is 0.724. The molecule has 0 saturated heterocycles. The van der Waals surface area contributed by atoms with Crippen LogP contribution in [0.3, 0.4) is 0 Å². The first kappa shape index (κ1) is 13.2. The van der Waals surface area contributed by atoms with E-state index in [0.717, 1.165) is 21.7 Å². The molecular formula is C15H17BrN2. The lowest BCUT2D eigenvalue weighted by molar-refractivity contribution is 0.590. The maximum atomic E-state index is 4.45. The molecule has 2 aromatic rings. The van der Waals surface area contributed by atoms with Crippen LogP contribution in [0.15, 0.2) is 34.9 Å². The fourth-order valence-corrected chi connectivity index (χ4v) is 2.29. The minimum atomic E-state index is 0.181. The molecule has 0 saturated carbocycles. The minimum Gasteiger partial charge on any atom is -0.233 e. The van der Waals surface area contributed by atoms with E-state index in [-0.39, 0.29) is 5.41 Å². The van der Waals surface area contributed by atoms with Crippen LogP contribution in [0.5, 0.6) is 0 Å². The monoisotopic (exact) mass is 304 g/mol. The maximum absolute atomic E-state index is 4.45. The second-order valence-electron chi connectivity index (χ2n) is 5.45. The lowest BCUT2D eigenvalue weighted by Crippen LogP contribution is -2.10. The van der Waals surface area contributed by atoms with Crippen LogP contribution in [0.25, 0.3) is 11.3 Å². The highest BCUT2D eigenvalue weighted by Crippen LogP contribution is 2.26. The van der Waals surface area contributed by atoms with Crippen molar-refractivity contribution in [3.05, 3.63) is 46.3 Å². The average molecular weight is 305 g/mol. The predicted molar refractivity (Wildman–Crippen MR) is 78.6 cm³/mol. The SMILES string of the molecule is Cc1nc(Br)cc(-c2ccc(C(C)(C)C)cc2)n1. The van der Waals surface area contributed by atoms with E-state index in [9.17, 15) is 0 Å². The highest BCUT2D eigenvalue weighted by Gasteiger charge is 2.13. The van der Waals surface area contributed by atoms with Crippen molar-refractivity contribution in [1.29, 1.82) is 0 Å². The molecule has 0 spiro atoms. The summed E-state index contributed by atoms with van der Waals surface area (Å²) >= 11 is 3.41. The Labute approximate surface area is 117 Å². The molecule has 18 heavy (non-hydrogen) atoms. The van der Waals surface area contributed by atoms with E-state index in [2.05, 4.69) is 70.9 Å². The third kappa shape index (κ3) is 2.96. The number of aryl methyl sites for hydroxylation is 1. The number of halogens is 1. The molecule has 0 amide bonds. The third-order valence-electron chi connectivity index (χ3n) is 2.85.